The number of hydrogen-bond donors (Lipinski definition) is 0. The highest BCUT2D eigenvalue weighted by molar-refractivity contribution is 8.22. The molecule has 0 radical (unpaired) electrons. The Morgan fingerprint density at radius 3 is 1.27 bits per heavy atom. The van der Waals surface area contributed by atoms with Gasteiger partial charge in [0.05, 0.1) is 13.2 Å². The normalized spacial score (nSPS) is 10.5. The molecule has 6 heteroatoms. The van der Waals surface area contributed by atoms with Gasteiger partial charge in [-0.2, -0.15) is 0 Å². The molecule has 0 bridgehead atoms. The summed E-state index contributed by atoms with van der Waals surface area (Å²) in [6, 6.07) is 0. The average Bonchev–Trinajstić information content (AvgIpc) is 2.49. The van der Waals surface area contributed by atoms with E-state index in [9.17, 15) is 0 Å². The van der Waals surface area contributed by atoms with E-state index in [1.54, 1.807) is 23.5 Å². The quantitative estimate of drug-likeness (QED) is 0.276. The number of unbranched alkanes of at least 4 members (excludes halogenated alkanes) is 7. The largest absolute Gasteiger partial charge is 0.479 e. The lowest BCUT2D eigenvalue weighted by molar-refractivity contribution is 0.304. The second-order valence-electron chi connectivity index (χ2n) is 4.89. The molecule has 0 rings (SSSR count). The van der Waals surface area contributed by atoms with Crippen LogP contribution in [0.25, 0.3) is 0 Å². The Kier molecular flexibility index (Phi) is 18.2. The first-order valence-corrected chi connectivity index (χ1v) is 11.1. The standard InChI is InChI=1S/C16H30O2S4/c1-3-21-15(19)17-13-11-9-7-5-6-8-10-12-14-18-16(20)22-4-2/h3-14H2,1-2H3. The Morgan fingerprint density at radius 2 is 0.955 bits per heavy atom. The van der Waals surface area contributed by atoms with Gasteiger partial charge in [-0.3, -0.25) is 0 Å². The van der Waals surface area contributed by atoms with Crippen molar-refractivity contribution < 1.29 is 9.47 Å². The third-order valence-electron chi connectivity index (χ3n) is 3.00. The molecule has 0 aromatic rings. The zero-order chi connectivity index (χ0) is 16.5. The summed E-state index contributed by atoms with van der Waals surface area (Å²) in [5, 5.41) is 0. The molecule has 2 nitrogen and oxygen atoms in total. The molecule has 0 aliphatic carbocycles. The molecule has 0 aromatic heterocycles. The van der Waals surface area contributed by atoms with Crippen molar-refractivity contribution in [1.29, 1.82) is 0 Å². The summed E-state index contributed by atoms with van der Waals surface area (Å²) < 4.78 is 12.3. The maximum atomic E-state index is 5.46. The van der Waals surface area contributed by atoms with E-state index in [2.05, 4.69) is 13.8 Å². The molecule has 0 aliphatic heterocycles. The van der Waals surface area contributed by atoms with Gasteiger partial charge in [0.25, 0.3) is 0 Å². The molecular formula is C16H30O2S4. The Balaban J connectivity index is 3.11. The molecule has 0 aromatic carbocycles. The molecular weight excluding hydrogens is 352 g/mol. The lowest BCUT2D eigenvalue weighted by Crippen LogP contribution is -2.00. The number of thiocarbonyl (C=S) groups is 2. The van der Waals surface area contributed by atoms with Crippen LogP contribution in [0.5, 0.6) is 0 Å². The molecule has 0 amide bonds. The summed E-state index contributed by atoms with van der Waals surface area (Å²) in [4.78, 5) is 0. The summed E-state index contributed by atoms with van der Waals surface area (Å²) >= 11 is 13.4. The predicted octanol–water partition coefficient (Wildman–Crippen LogP) is 6.22. The van der Waals surface area contributed by atoms with E-state index in [1.807, 2.05) is 0 Å². The maximum Gasteiger partial charge on any atom is 0.219 e. The first-order valence-electron chi connectivity index (χ1n) is 8.29. The van der Waals surface area contributed by atoms with Crippen LogP contribution in [-0.2, 0) is 9.47 Å². The molecule has 0 saturated carbocycles. The lowest BCUT2D eigenvalue weighted by Gasteiger charge is -2.06. The van der Waals surface area contributed by atoms with Crippen molar-refractivity contribution in [1.82, 2.24) is 0 Å². The highest BCUT2D eigenvalue weighted by Gasteiger charge is 1.98. The van der Waals surface area contributed by atoms with Crippen molar-refractivity contribution in [2.24, 2.45) is 0 Å². The van der Waals surface area contributed by atoms with Gasteiger partial charge in [0.2, 0.25) is 8.77 Å². The van der Waals surface area contributed by atoms with E-state index in [1.165, 1.54) is 38.5 Å². The summed E-state index contributed by atoms with van der Waals surface area (Å²) in [5.74, 6) is 1.99. The van der Waals surface area contributed by atoms with Crippen molar-refractivity contribution in [2.45, 2.75) is 65.2 Å². The minimum absolute atomic E-state index is 0.696. The van der Waals surface area contributed by atoms with Crippen LogP contribution < -0.4 is 0 Å². The Hall–Kier alpha value is 0.480. The SMILES string of the molecule is CCSC(=S)OCCCCCCCCCCOC(=S)SCC. The van der Waals surface area contributed by atoms with Crippen LogP contribution in [0.15, 0.2) is 0 Å². The second kappa shape index (κ2) is 17.8. The van der Waals surface area contributed by atoms with Gasteiger partial charge in [-0.25, -0.2) is 0 Å². The fourth-order valence-electron chi connectivity index (χ4n) is 1.89. The number of hydrogen-bond acceptors (Lipinski definition) is 6. The van der Waals surface area contributed by atoms with Gasteiger partial charge in [0.15, 0.2) is 0 Å². The predicted molar refractivity (Wildman–Crippen MR) is 110 cm³/mol. The van der Waals surface area contributed by atoms with Gasteiger partial charge in [0.1, 0.15) is 0 Å². The third-order valence-corrected chi connectivity index (χ3v) is 5.23. The molecule has 0 N–H and O–H groups in total. The van der Waals surface area contributed by atoms with E-state index in [-0.39, 0.29) is 0 Å². The molecule has 0 fully saturated rings. The second-order valence-corrected chi connectivity index (χ2v) is 8.62. The van der Waals surface area contributed by atoms with Gasteiger partial charge in [-0.1, -0.05) is 75.9 Å². The monoisotopic (exact) mass is 382 g/mol. The van der Waals surface area contributed by atoms with Crippen molar-refractivity contribution >= 4 is 56.7 Å². The molecule has 130 valence electrons. The smallest absolute Gasteiger partial charge is 0.219 e. The van der Waals surface area contributed by atoms with Crippen molar-refractivity contribution in [3.8, 4) is 0 Å². The fraction of sp³-hybridized carbons (Fsp3) is 0.875. The van der Waals surface area contributed by atoms with Gasteiger partial charge in [-0.15, -0.1) is 0 Å². The van der Waals surface area contributed by atoms with Gasteiger partial charge in [0, 0.05) is 0 Å². The lowest BCUT2D eigenvalue weighted by atomic mass is 10.1. The topological polar surface area (TPSA) is 18.5 Å². The van der Waals surface area contributed by atoms with Gasteiger partial charge >= 0.3 is 0 Å². The van der Waals surface area contributed by atoms with Crippen LogP contribution in [0, 0.1) is 0 Å². The zero-order valence-corrected chi connectivity index (χ0v) is 17.2. The molecule has 0 aliphatic rings. The van der Waals surface area contributed by atoms with E-state index in [0.29, 0.717) is 8.77 Å². The van der Waals surface area contributed by atoms with Crippen molar-refractivity contribution in [3.05, 3.63) is 0 Å². The number of thioether (sulfide) groups is 2. The van der Waals surface area contributed by atoms with E-state index in [0.717, 1.165) is 37.6 Å². The van der Waals surface area contributed by atoms with Crippen LogP contribution in [0.4, 0.5) is 0 Å². The molecule has 0 atom stereocenters. The molecule has 0 unspecified atom stereocenters. The van der Waals surface area contributed by atoms with Crippen LogP contribution in [0.3, 0.4) is 0 Å². The minimum atomic E-state index is 0.696. The molecule has 0 heterocycles. The van der Waals surface area contributed by atoms with Crippen molar-refractivity contribution in [3.63, 3.8) is 0 Å². The van der Waals surface area contributed by atoms with Crippen LogP contribution in [0.1, 0.15) is 65.2 Å². The highest BCUT2D eigenvalue weighted by Crippen LogP contribution is 2.11. The van der Waals surface area contributed by atoms with Crippen LogP contribution in [-0.4, -0.2) is 33.5 Å². The summed E-state index contributed by atoms with van der Waals surface area (Å²) in [5.41, 5.74) is 0. The Bertz CT molecular complexity index is 257. The Morgan fingerprint density at radius 1 is 0.636 bits per heavy atom. The van der Waals surface area contributed by atoms with Gasteiger partial charge < -0.3 is 9.47 Å². The summed E-state index contributed by atoms with van der Waals surface area (Å²) in [6.07, 6.45) is 9.94. The minimum Gasteiger partial charge on any atom is -0.479 e. The summed E-state index contributed by atoms with van der Waals surface area (Å²) in [7, 11) is 0. The molecule has 0 saturated heterocycles. The molecule has 22 heavy (non-hydrogen) atoms. The Labute approximate surface area is 155 Å². The number of rotatable bonds is 13. The third kappa shape index (κ3) is 16.8. The van der Waals surface area contributed by atoms with Crippen LogP contribution in [0.2, 0.25) is 0 Å². The first kappa shape index (κ1) is 22.5. The van der Waals surface area contributed by atoms with Crippen LogP contribution >= 0.6 is 48.0 Å². The first-order chi connectivity index (χ1) is 10.7. The summed E-state index contributed by atoms with van der Waals surface area (Å²) in [6.45, 7) is 5.73. The van der Waals surface area contributed by atoms with E-state index in [4.69, 9.17) is 33.9 Å². The fourth-order valence-corrected chi connectivity index (χ4v) is 3.57. The highest BCUT2D eigenvalue weighted by atomic mass is 32.2. The van der Waals surface area contributed by atoms with E-state index >= 15 is 0 Å². The van der Waals surface area contributed by atoms with Crippen molar-refractivity contribution in [2.75, 3.05) is 24.7 Å². The number of ether oxygens (including phenoxy) is 2. The molecule has 0 spiro atoms. The zero-order valence-electron chi connectivity index (χ0n) is 13.9. The average molecular weight is 383 g/mol. The maximum absolute atomic E-state index is 5.46. The van der Waals surface area contributed by atoms with E-state index < -0.39 is 0 Å². The van der Waals surface area contributed by atoms with Gasteiger partial charge in [-0.05, 0) is 48.8 Å².